The third kappa shape index (κ3) is 2.96. The van der Waals surface area contributed by atoms with Crippen molar-refractivity contribution in [1.29, 1.82) is 0 Å². The zero-order chi connectivity index (χ0) is 18.1. The molecule has 2 atom stereocenters. The molecule has 26 heavy (non-hydrogen) atoms. The Bertz CT molecular complexity index is 920. The molecule has 5 heteroatoms. The molecule has 0 unspecified atom stereocenters. The quantitative estimate of drug-likeness (QED) is 0.781. The van der Waals surface area contributed by atoms with Gasteiger partial charge in [0.25, 0.3) is 0 Å². The van der Waals surface area contributed by atoms with Crippen molar-refractivity contribution in [2.24, 2.45) is 5.73 Å². The van der Waals surface area contributed by atoms with E-state index < -0.39 is 0 Å². The van der Waals surface area contributed by atoms with E-state index in [1.54, 1.807) is 0 Å². The topological polar surface area (TPSA) is 72.4 Å². The van der Waals surface area contributed by atoms with Gasteiger partial charge in [-0.25, -0.2) is 0 Å². The van der Waals surface area contributed by atoms with Crippen molar-refractivity contribution in [2.75, 3.05) is 4.90 Å². The van der Waals surface area contributed by atoms with Crippen LogP contribution in [0.3, 0.4) is 0 Å². The predicted octanol–water partition coefficient (Wildman–Crippen LogP) is 3.71. The average molecular weight is 347 g/mol. The standard InChI is InChI=1S/C21H21N3O2/c1-14-11-18(21(22)25)17-9-5-6-10-20(17)24(14)13-16-12-19(23-26-16)15-7-3-2-4-8-15/h2-10,12,14,18H,11,13H2,1H3,(H2,22,25)/t14-,18+/m0/s1. The fourth-order valence-corrected chi connectivity index (χ4v) is 3.69. The summed E-state index contributed by atoms with van der Waals surface area (Å²) in [4.78, 5) is 14.1. The van der Waals surface area contributed by atoms with E-state index in [9.17, 15) is 4.79 Å². The van der Waals surface area contributed by atoms with Crippen LogP contribution in [0.15, 0.2) is 65.2 Å². The van der Waals surface area contributed by atoms with E-state index in [0.29, 0.717) is 13.0 Å². The number of para-hydroxylation sites is 1. The van der Waals surface area contributed by atoms with Crippen molar-refractivity contribution in [3.05, 3.63) is 72.0 Å². The van der Waals surface area contributed by atoms with Crippen molar-refractivity contribution >= 4 is 11.6 Å². The van der Waals surface area contributed by atoms with Gasteiger partial charge in [0.15, 0.2) is 5.76 Å². The molecular weight excluding hydrogens is 326 g/mol. The number of hydrogen-bond acceptors (Lipinski definition) is 4. The third-order valence-corrected chi connectivity index (χ3v) is 5.03. The van der Waals surface area contributed by atoms with E-state index in [-0.39, 0.29) is 17.9 Å². The summed E-state index contributed by atoms with van der Waals surface area (Å²) in [5, 5.41) is 4.20. The maximum absolute atomic E-state index is 11.9. The molecule has 3 aromatic rings. The number of hydrogen-bond donors (Lipinski definition) is 1. The molecule has 0 spiro atoms. The first-order valence-electron chi connectivity index (χ1n) is 8.79. The summed E-state index contributed by atoms with van der Waals surface area (Å²) >= 11 is 0. The zero-order valence-electron chi connectivity index (χ0n) is 14.6. The first-order chi connectivity index (χ1) is 12.6. The molecule has 1 aromatic heterocycles. The van der Waals surface area contributed by atoms with Crippen molar-refractivity contribution in [1.82, 2.24) is 5.16 Å². The number of carbonyl (C=O) groups excluding carboxylic acids is 1. The van der Waals surface area contributed by atoms with Gasteiger partial charge in [-0.2, -0.15) is 0 Å². The maximum Gasteiger partial charge on any atom is 0.225 e. The number of nitrogens with two attached hydrogens (primary N) is 1. The number of carbonyl (C=O) groups is 1. The molecule has 2 aromatic carbocycles. The highest BCUT2D eigenvalue weighted by molar-refractivity contribution is 5.85. The maximum atomic E-state index is 11.9. The monoisotopic (exact) mass is 347 g/mol. The van der Waals surface area contributed by atoms with Gasteiger partial charge < -0.3 is 15.2 Å². The molecule has 0 bridgehead atoms. The lowest BCUT2D eigenvalue weighted by atomic mass is 9.85. The van der Waals surface area contributed by atoms with Gasteiger partial charge >= 0.3 is 0 Å². The van der Waals surface area contributed by atoms with Crippen molar-refractivity contribution < 1.29 is 9.32 Å². The summed E-state index contributed by atoms with van der Waals surface area (Å²) in [5.41, 5.74) is 9.50. The molecule has 0 saturated carbocycles. The van der Waals surface area contributed by atoms with Crippen LogP contribution in [0.4, 0.5) is 5.69 Å². The number of fused-ring (bicyclic) bond motifs is 1. The highest BCUT2D eigenvalue weighted by Gasteiger charge is 2.33. The Hall–Kier alpha value is -3.08. The number of aromatic nitrogens is 1. The van der Waals surface area contributed by atoms with Crippen LogP contribution >= 0.6 is 0 Å². The Morgan fingerprint density at radius 1 is 1.19 bits per heavy atom. The number of rotatable bonds is 4. The average Bonchev–Trinajstić information content (AvgIpc) is 3.13. The van der Waals surface area contributed by atoms with Crippen molar-refractivity contribution in [2.45, 2.75) is 31.8 Å². The summed E-state index contributed by atoms with van der Waals surface area (Å²) < 4.78 is 5.58. The minimum absolute atomic E-state index is 0.174. The fourth-order valence-electron chi connectivity index (χ4n) is 3.69. The van der Waals surface area contributed by atoms with Crippen LogP contribution in [0.25, 0.3) is 11.3 Å². The molecular formula is C21H21N3O2. The van der Waals surface area contributed by atoms with Gasteiger partial charge in [0.1, 0.15) is 5.69 Å². The van der Waals surface area contributed by atoms with Gasteiger partial charge in [0, 0.05) is 23.4 Å². The summed E-state index contributed by atoms with van der Waals surface area (Å²) in [6, 6.07) is 20.1. The summed E-state index contributed by atoms with van der Waals surface area (Å²) in [7, 11) is 0. The highest BCUT2D eigenvalue weighted by Crippen LogP contribution is 2.39. The number of primary amides is 1. The Morgan fingerprint density at radius 3 is 2.69 bits per heavy atom. The molecule has 0 radical (unpaired) electrons. The van der Waals surface area contributed by atoms with Gasteiger partial charge in [-0.3, -0.25) is 4.79 Å². The van der Waals surface area contributed by atoms with Crippen molar-refractivity contribution in [3.63, 3.8) is 0 Å². The van der Waals surface area contributed by atoms with Gasteiger partial charge in [-0.05, 0) is 25.0 Å². The molecule has 0 saturated heterocycles. The second-order valence-electron chi connectivity index (χ2n) is 6.77. The minimum atomic E-state index is -0.269. The van der Waals surface area contributed by atoms with Gasteiger partial charge in [0.05, 0.1) is 12.5 Å². The van der Waals surface area contributed by atoms with Crippen molar-refractivity contribution in [3.8, 4) is 11.3 Å². The zero-order valence-corrected chi connectivity index (χ0v) is 14.6. The number of amides is 1. The van der Waals surface area contributed by atoms with Crippen LogP contribution < -0.4 is 10.6 Å². The van der Waals surface area contributed by atoms with Gasteiger partial charge in [-0.1, -0.05) is 53.7 Å². The number of benzene rings is 2. The lowest BCUT2D eigenvalue weighted by Crippen LogP contribution is -2.41. The normalized spacial score (nSPS) is 19.2. The van der Waals surface area contributed by atoms with Gasteiger partial charge in [0.2, 0.25) is 5.91 Å². The molecule has 2 heterocycles. The van der Waals surface area contributed by atoms with E-state index in [1.165, 1.54) is 0 Å². The molecule has 2 N–H and O–H groups in total. The van der Waals surface area contributed by atoms with E-state index >= 15 is 0 Å². The summed E-state index contributed by atoms with van der Waals surface area (Å²) in [6.07, 6.45) is 0.700. The van der Waals surface area contributed by atoms with Crippen LogP contribution in [0, 0.1) is 0 Å². The third-order valence-electron chi connectivity index (χ3n) is 5.03. The molecule has 132 valence electrons. The van der Waals surface area contributed by atoms with Gasteiger partial charge in [-0.15, -0.1) is 0 Å². The van der Waals surface area contributed by atoms with Crippen LogP contribution in [0.5, 0.6) is 0 Å². The molecule has 0 aliphatic carbocycles. The second kappa shape index (κ2) is 6.67. The lowest BCUT2D eigenvalue weighted by molar-refractivity contribution is -0.119. The Kier molecular flexibility index (Phi) is 4.21. The predicted molar refractivity (Wildman–Crippen MR) is 101 cm³/mol. The molecule has 5 nitrogen and oxygen atoms in total. The number of nitrogens with zero attached hydrogens (tertiary/aromatic N) is 2. The first kappa shape index (κ1) is 16.4. The minimum Gasteiger partial charge on any atom is -0.369 e. The smallest absolute Gasteiger partial charge is 0.225 e. The van der Waals surface area contributed by atoms with Crippen LogP contribution in [0.1, 0.15) is 30.6 Å². The molecule has 1 amide bonds. The second-order valence-corrected chi connectivity index (χ2v) is 6.77. The lowest BCUT2D eigenvalue weighted by Gasteiger charge is -2.39. The first-order valence-corrected chi connectivity index (χ1v) is 8.79. The Balaban J connectivity index is 1.63. The van der Waals surface area contributed by atoms with Crippen LogP contribution in [-0.2, 0) is 11.3 Å². The molecule has 0 fully saturated rings. The molecule has 1 aliphatic rings. The van der Waals surface area contributed by atoms with Crippen LogP contribution in [-0.4, -0.2) is 17.1 Å². The van der Waals surface area contributed by atoms with E-state index in [4.69, 9.17) is 10.3 Å². The van der Waals surface area contributed by atoms with E-state index in [1.807, 2.05) is 60.7 Å². The Morgan fingerprint density at radius 2 is 1.92 bits per heavy atom. The summed E-state index contributed by atoms with van der Waals surface area (Å²) in [5.74, 6) is 0.282. The SMILES string of the molecule is C[C@H]1C[C@@H](C(N)=O)c2ccccc2N1Cc1cc(-c2ccccc2)no1. The largest absolute Gasteiger partial charge is 0.369 e. The van der Waals surface area contributed by atoms with Crippen LogP contribution in [0.2, 0.25) is 0 Å². The molecule has 4 rings (SSSR count). The molecule has 1 aliphatic heterocycles. The summed E-state index contributed by atoms with van der Waals surface area (Å²) in [6.45, 7) is 2.71. The highest BCUT2D eigenvalue weighted by atomic mass is 16.5. The Labute approximate surface area is 152 Å². The fraction of sp³-hybridized carbons (Fsp3) is 0.238. The van der Waals surface area contributed by atoms with E-state index in [0.717, 1.165) is 28.3 Å². The number of anilines is 1. The van der Waals surface area contributed by atoms with E-state index in [2.05, 4.69) is 17.0 Å².